The molecule has 11 atom stereocenters. The van der Waals surface area contributed by atoms with Crippen molar-refractivity contribution in [1.29, 1.82) is 0 Å². The van der Waals surface area contributed by atoms with Gasteiger partial charge in [0.25, 0.3) is 0 Å². The average molecular weight is 665 g/mol. The molecule has 6 fully saturated rings. The van der Waals surface area contributed by atoms with E-state index in [-0.39, 0.29) is 17.3 Å². The van der Waals surface area contributed by atoms with E-state index in [0.717, 1.165) is 67.8 Å². The highest BCUT2D eigenvalue weighted by Crippen LogP contribution is 2.76. The summed E-state index contributed by atoms with van der Waals surface area (Å²) in [6.07, 6.45) is 20.0. The molecule has 5 nitrogen and oxygen atoms in total. The molecule has 0 bridgehead atoms. The number of carbonyl (C=O) groups excluding carboxylic acids is 1. The predicted molar refractivity (Wildman–Crippen MR) is 191 cm³/mol. The van der Waals surface area contributed by atoms with E-state index in [9.17, 15) is 9.00 Å². The highest BCUT2D eigenvalue weighted by atomic mass is 32.2. The van der Waals surface area contributed by atoms with Crippen LogP contribution in [0.1, 0.15) is 112 Å². The van der Waals surface area contributed by atoms with Crippen LogP contribution in [0.2, 0.25) is 0 Å². The summed E-state index contributed by atoms with van der Waals surface area (Å²) in [7, 11) is -0.591. The monoisotopic (exact) mass is 664 g/mol. The number of nitrogens with zero attached hydrogens (tertiary/aromatic N) is 1. The molecule has 8 rings (SSSR count). The SMILES string of the molecule is CCOC(=O)C1C2C=C(C3=CCC4(C)C(CCC5(C)C4CCC4[C@H]6CCCC6(NCCN6CCS(=O)CC6)CC[C@]45C)C3(C)C)CC21. The number of carbonyl (C=O) groups is 1. The normalized spacial score (nSPS) is 48.7. The fraction of sp³-hybridized carbons (Fsp3) is 0.878. The van der Waals surface area contributed by atoms with Gasteiger partial charge in [0.05, 0.1) is 12.5 Å². The van der Waals surface area contributed by atoms with Crippen LogP contribution < -0.4 is 5.32 Å². The van der Waals surface area contributed by atoms with Crippen LogP contribution in [-0.4, -0.2) is 64.9 Å². The first-order valence-electron chi connectivity index (χ1n) is 19.8. The Hall–Kier alpha value is -0.980. The van der Waals surface area contributed by atoms with E-state index in [1.165, 1.54) is 64.2 Å². The summed E-state index contributed by atoms with van der Waals surface area (Å²) < 4.78 is 17.3. The van der Waals surface area contributed by atoms with Gasteiger partial charge in [0.1, 0.15) is 0 Å². The van der Waals surface area contributed by atoms with Crippen molar-refractivity contribution in [3.05, 3.63) is 23.3 Å². The van der Waals surface area contributed by atoms with E-state index in [1.54, 1.807) is 11.1 Å². The Bertz CT molecular complexity index is 1360. The summed E-state index contributed by atoms with van der Waals surface area (Å²) in [6, 6.07) is 0. The van der Waals surface area contributed by atoms with E-state index in [0.29, 0.717) is 40.2 Å². The van der Waals surface area contributed by atoms with Crippen molar-refractivity contribution in [3.8, 4) is 0 Å². The first-order chi connectivity index (χ1) is 22.4. The fourth-order valence-electron chi connectivity index (χ4n) is 14.6. The lowest BCUT2D eigenvalue weighted by molar-refractivity contribution is -0.218. The van der Waals surface area contributed by atoms with Gasteiger partial charge in [0, 0.05) is 54.0 Å². The highest BCUT2D eigenvalue weighted by molar-refractivity contribution is 7.85. The Morgan fingerprint density at radius 2 is 1.74 bits per heavy atom. The number of nitrogens with one attached hydrogen (secondary N) is 1. The summed E-state index contributed by atoms with van der Waals surface area (Å²) in [6.45, 7) is 20.1. The third-order valence-electron chi connectivity index (χ3n) is 17.1. The van der Waals surface area contributed by atoms with Crippen molar-refractivity contribution in [2.24, 2.45) is 63.1 Å². The third kappa shape index (κ3) is 4.85. The Balaban J connectivity index is 0.992. The molecule has 8 aliphatic rings. The maximum atomic E-state index is 12.5. The molecule has 0 amide bonds. The summed E-state index contributed by atoms with van der Waals surface area (Å²) in [5.41, 5.74) is 4.88. The quantitative estimate of drug-likeness (QED) is 0.285. The van der Waals surface area contributed by atoms with Crippen LogP contribution in [-0.2, 0) is 20.3 Å². The second-order valence-electron chi connectivity index (χ2n) is 18.9. The van der Waals surface area contributed by atoms with E-state index in [4.69, 9.17) is 4.74 Å². The molecule has 47 heavy (non-hydrogen) atoms. The molecule has 262 valence electrons. The molecule has 1 saturated heterocycles. The second kappa shape index (κ2) is 11.5. The largest absolute Gasteiger partial charge is 0.466 e. The summed E-state index contributed by atoms with van der Waals surface area (Å²) >= 11 is 0. The van der Waals surface area contributed by atoms with Crippen LogP contribution in [0.4, 0.5) is 0 Å². The molecule has 7 aliphatic carbocycles. The molecule has 5 saturated carbocycles. The van der Waals surface area contributed by atoms with Gasteiger partial charge in [-0.25, -0.2) is 0 Å². The predicted octanol–water partition coefficient (Wildman–Crippen LogP) is 7.54. The Morgan fingerprint density at radius 3 is 2.47 bits per heavy atom. The third-order valence-corrected chi connectivity index (χ3v) is 18.4. The smallest absolute Gasteiger partial charge is 0.309 e. The van der Waals surface area contributed by atoms with Crippen LogP contribution in [0.25, 0.3) is 0 Å². The van der Waals surface area contributed by atoms with Crippen molar-refractivity contribution in [1.82, 2.24) is 10.2 Å². The van der Waals surface area contributed by atoms with E-state index in [2.05, 4.69) is 57.0 Å². The molecule has 0 aromatic rings. The number of hydrogen-bond acceptors (Lipinski definition) is 5. The zero-order valence-corrected chi connectivity index (χ0v) is 31.3. The van der Waals surface area contributed by atoms with Crippen LogP contribution in [0.15, 0.2) is 23.3 Å². The number of hydrogen-bond donors (Lipinski definition) is 1. The average Bonchev–Trinajstić information content (AvgIpc) is 3.31. The number of ether oxygens (including phenoxy) is 1. The van der Waals surface area contributed by atoms with Gasteiger partial charge in [-0.2, -0.15) is 0 Å². The molecule has 1 heterocycles. The molecule has 9 unspecified atom stereocenters. The van der Waals surface area contributed by atoms with Gasteiger partial charge in [0.2, 0.25) is 0 Å². The number of allylic oxidation sites excluding steroid dienone is 4. The van der Waals surface area contributed by atoms with Crippen LogP contribution in [0.3, 0.4) is 0 Å². The van der Waals surface area contributed by atoms with Gasteiger partial charge >= 0.3 is 5.97 Å². The Kier molecular flexibility index (Phi) is 8.13. The molecule has 1 aliphatic heterocycles. The first kappa shape index (κ1) is 33.2. The van der Waals surface area contributed by atoms with E-state index < -0.39 is 10.8 Å². The molecule has 0 aromatic heterocycles. The summed E-state index contributed by atoms with van der Waals surface area (Å²) in [4.78, 5) is 15.0. The van der Waals surface area contributed by atoms with Gasteiger partial charge in [0.15, 0.2) is 0 Å². The van der Waals surface area contributed by atoms with Crippen LogP contribution in [0, 0.1) is 63.1 Å². The van der Waals surface area contributed by atoms with E-state index in [1.807, 2.05) is 6.92 Å². The lowest BCUT2D eigenvalue weighted by atomic mass is 9.33. The molecule has 0 radical (unpaired) electrons. The number of fused-ring (bicyclic) bond motifs is 8. The molecular formula is C41H64N2O3S. The van der Waals surface area contributed by atoms with Crippen LogP contribution >= 0.6 is 0 Å². The maximum absolute atomic E-state index is 12.5. The second-order valence-corrected chi connectivity index (χ2v) is 20.6. The van der Waals surface area contributed by atoms with Gasteiger partial charge in [-0.05, 0) is 139 Å². The zero-order valence-electron chi connectivity index (χ0n) is 30.5. The van der Waals surface area contributed by atoms with Gasteiger partial charge < -0.3 is 15.0 Å². The molecule has 0 aromatic carbocycles. The molecule has 0 spiro atoms. The minimum Gasteiger partial charge on any atom is -0.466 e. The first-order valence-corrected chi connectivity index (χ1v) is 21.3. The van der Waals surface area contributed by atoms with Crippen molar-refractivity contribution in [2.75, 3.05) is 44.3 Å². The van der Waals surface area contributed by atoms with Gasteiger partial charge in [-0.3, -0.25) is 9.00 Å². The zero-order chi connectivity index (χ0) is 33.0. The number of rotatable bonds is 7. The summed E-state index contributed by atoms with van der Waals surface area (Å²) in [5.74, 6) is 5.95. The van der Waals surface area contributed by atoms with Gasteiger partial charge in [-0.15, -0.1) is 0 Å². The van der Waals surface area contributed by atoms with Crippen molar-refractivity contribution < 1.29 is 13.7 Å². The highest BCUT2D eigenvalue weighted by Gasteiger charge is 2.69. The summed E-state index contributed by atoms with van der Waals surface area (Å²) in [5, 5.41) is 4.25. The molecule has 6 heteroatoms. The number of esters is 1. The fourth-order valence-corrected chi connectivity index (χ4v) is 15.7. The van der Waals surface area contributed by atoms with Crippen molar-refractivity contribution >= 4 is 16.8 Å². The lowest BCUT2D eigenvalue weighted by Gasteiger charge is -2.72. The van der Waals surface area contributed by atoms with Crippen molar-refractivity contribution in [2.45, 2.75) is 118 Å². The Labute approximate surface area is 288 Å². The Morgan fingerprint density at radius 1 is 0.957 bits per heavy atom. The molecular weight excluding hydrogens is 601 g/mol. The standard InChI is InChI=1S/C41H64N2O3S/c1-7-46-36(44)35-28-25-27(26-29(28)35)30-12-15-38(4)33(37(30,2)3)13-16-40(6)34(38)11-10-31-32-9-8-14-41(32,18-17-39(31,40)5)42-19-20-43-21-23-47(45)24-22-43/h12,25,28-29,31-35,42H,7-11,13-24,26H2,1-6H3/t28?,29?,31?,32-,33?,34?,35?,38?,39-,40?,41?/m1/s1. The minimum atomic E-state index is -0.591. The van der Waals surface area contributed by atoms with E-state index >= 15 is 0 Å². The minimum absolute atomic E-state index is 0.0310. The maximum Gasteiger partial charge on any atom is 0.309 e. The lowest BCUT2D eigenvalue weighted by Crippen LogP contribution is -2.67. The topological polar surface area (TPSA) is 58.6 Å². The van der Waals surface area contributed by atoms with Crippen LogP contribution in [0.5, 0.6) is 0 Å². The van der Waals surface area contributed by atoms with Gasteiger partial charge in [-0.1, -0.05) is 53.2 Å². The molecule has 1 N–H and O–H groups in total. The van der Waals surface area contributed by atoms with Crippen molar-refractivity contribution in [3.63, 3.8) is 0 Å².